The summed E-state index contributed by atoms with van der Waals surface area (Å²) in [5, 5.41) is 3.04. The Morgan fingerprint density at radius 3 is 2.60 bits per heavy atom. The number of nitrogens with zero attached hydrogens (tertiary/aromatic N) is 5. The molecule has 1 aliphatic heterocycles. The monoisotopic (exact) mass is 296 g/mol. The lowest BCUT2D eigenvalue weighted by Crippen LogP contribution is -2.33. The number of aromatic nitrogens is 3. The Kier molecular flexibility index (Phi) is 5.28. The van der Waals surface area contributed by atoms with Gasteiger partial charge in [-0.05, 0) is 26.0 Å². The molecule has 1 atom stereocenters. The molecule has 1 saturated heterocycles. The third-order valence-electron chi connectivity index (χ3n) is 3.61. The van der Waals surface area contributed by atoms with Gasteiger partial charge in [-0.25, -0.2) is 0 Å². The van der Waals surface area contributed by atoms with Gasteiger partial charge in [-0.15, -0.1) is 0 Å². The van der Waals surface area contributed by atoms with Gasteiger partial charge < -0.3 is 15.1 Å². The third kappa shape index (κ3) is 3.45. The maximum absolute atomic E-state index is 4.65. The van der Waals surface area contributed by atoms with Gasteiger partial charge >= 0.3 is 0 Å². The first-order chi connectivity index (χ1) is 9.65. The minimum atomic E-state index is 0.392. The van der Waals surface area contributed by atoms with Crippen LogP contribution in [0.25, 0.3) is 0 Å². The van der Waals surface area contributed by atoms with Crippen molar-refractivity contribution in [2.45, 2.75) is 25.8 Å². The molecular weight excluding hydrogens is 272 g/mol. The highest BCUT2D eigenvalue weighted by Crippen LogP contribution is 2.21. The van der Waals surface area contributed by atoms with Crippen molar-refractivity contribution >= 4 is 29.6 Å². The molecule has 1 unspecified atom stereocenters. The Labute approximate surface area is 125 Å². The van der Waals surface area contributed by atoms with Gasteiger partial charge in [-0.1, -0.05) is 0 Å². The molecule has 1 aromatic heterocycles. The molecule has 1 N–H and O–H groups in total. The van der Waals surface area contributed by atoms with Crippen molar-refractivity contribution in [2.75, 3.05) is 54.3 Å². The van der Waals surface area contributed by atoms with E-state index in [4.69, 9.17) is 0 Å². The number of anilines is 3. The van der Waals surface area contributed by atoms with Crippen LogP contribution in [-0.2, 0) is 0 Å². The molecule has 0 saturated carbocycles. The van der Waals surface area contributed by atoms with E-state index in [2.05, 4.69) is 43.2 Å². The SMILES string of the molecule is CNc1nc(N2CCCC2)nc(N(C)C(C)CSC)n1. The van der Waals surface area contributed by atoms with Crippen molar-refractivity contribution in [1.82, 2.24) is 15.0 Å². The predicted octanol–water partition coefficient (Wildman–Crippen LogP) is 1.70. The average molecular weight is 296 g/mol. The van der Waals surface area contributed by atoms with Gasteiger partial charge in [0, 0.05) is 39.0 Å². The minimum absolute atomic E-state index is 0.392. The van der Waals surface area contributed by atoms with E-state index in [1.54, 1.807) is 0 Å². The molecule has 0 aromatic carbocycles. The quantitative estimate of drug-likeness (QED) is 0.857. The first-order valence-corrected chi connectivity index (χ1v) is 8.45. The largest absolute Gasteiger partial charge is 0.357 e. The summed E-state index contributed by atoms with van der Waals surface area (Å²) in [4.78, 5) is 18.0. The highest BCUT2D eigenvalue weighted by Gasteiger charge is 2.20. The van der Waals surface area contributed by atoms with Gasteiger partial charge in [0.15, 0.2) is 0 Å². The molecule has 0 amide bonds. The van der Waals surface area contributed by atoms with Crippen LogP contribution in [0.1, 0.15) is 19.8 Å². The molecule has 0 aliphatic carbocycles. The second-order valence-electron chi connectivity index (χ2n) is 5.12. The summed E-state index contributed by atoms with van der Waals surface area (Å²) in [7, 11) is 3.89. The molecule has 2 rings (SSSR count). The fourth-order valence-electron chi connectivity index (χ4n) is 2.23. The summed E-state index contributed by atoms with van der Waals surface area (Å²) in [6.07, 6.45) is 4.55. The highest BCUT2D eigenvalue weighted by atomic mass is 32.2. The van der Waals surface area contributed by atoms with E-state index in [1.807, 2.05) is 25.9 Å². The van der Waals surface area contributed by atoms with E-state index in [0.29, 0.717) is 12.0 Å². The van der Waals surface area contributed by atoms with E-state index in [9.17, 15) is 0 Å². The summed E-state index contributed by atoms with van der Waals surface area (Å²) >= 11 is 1.83. The van der Waals surface area contributed by atoms with E-state index >= 15 is 0 Å². The predicted molar refractivity (Wildman–Crippen MR) is 87.1 cm³/mol. The molecule has 0 spiro atoms. The number of hydrogen-bond donors (Lipinski definition) is 1. The summed E-state index contributed by atoms with van der Waals surface area (Å²) < 4.78 is 0. The lowest BCUT2D eigenvalue weighted by atomic mass is 10.3. The zero-order valence-corrected chi connectivity index (χ0v) is 13.6. The van der Waals surface area contributed by atoms with Crippen LogP contribution in [-0.4, -0.2) is 60.2 Å². The molecule has 6 nitrogen and oxygen atoms in total. The first kappa shape index (κ1) is 15.2. The Balaban J connectivity index is 2.25. The third-order valence-corrected chi connectivity index (χ3v) is 4.42. The topological polar surface area (TPSA) is 57.2 Å². The van der Waals surface area contributed by atoms with Crippen LogP contribution in [0.4, 0.5) is 17.8 Å². The lowest BCUT2D eigenvalue weighted by Gasteiger charge is -2.25. The number of rotatable bonds is 6. The smallest absolute Gasteiger partial charge is 0.231 e. The minimum Gasteiger partial charge on any atom is -0.357 e. The molecule has 7 heteroatoms. The van der Waals surface area contributed by atoms with Crippen molar-refractivity contribution in [2.24, 2.45) is 0 Å². The Morgan fingerprint density at radius 2 is 2.00 bits per heavy atom. The average Bonchev–Trinajstić information content (AvgIpc) is 3.00. The summed E-state index contributed by atoms with van der Waals surface area (Å²) in [5.41, 5.74) is 0. The molecule has 20 heavy (non-hydrogen) atoms. The van der Waals surface area contributed by atoms with Gasteiger partial charge in [-0.2, -0.15) is 26.7 Å². The summed E-state index contributed by atoms with van der Waals surface area (Å²) in [6, 6.07) is 0.392. The zero-order chi connectivity index (χ0) is 14.5. The van der Waals surface area contributed by atoms with Crippen LogP contribution in [0.5, 0.6) is 0 Å². The van der Waals surface area contributed by atoms with Crippen LogP contribution >= 0.6 is 11.8 Å². The van der Waals surface area contributed by atoms with Gasteiger partial charge in [0.25, 0.3) is 0 Å². The van der Waals surface area contributed by atoms with Crippen LogP contribution in [0.3, 0.4) is 0 Å². The van der Waals surface area contributed by atoms with E-state index < -0.39 is 0 Å². The van der Waals surface area contributed by atoms with Gasteiger partial charge in [0.1, 0.15) is 0 Å². The van der Waals surface area contributed by atoms with Crippen LogP contribution in [0.15, 0.2) is 0 Å². The number of nitrogens with one attached hydrogen (secondary N) is 1. The normalized spacial score (nSPS) is 16.3. The highest BCUT2D eigenvalue weighted by molar-refractivity contribution is 7.98. The van der Waals surface area contributed by atoms with Crippen LogP contribution < -0.4 is 15.1 Å². The van der Waals surface area contributed by atoms with E-state index in [-0.39, 0.29) is 0 Å². The fourth-order valence-corrected chi connectivity index (χ4v) is 2.94. The molecule has 1 aromatic rings. The van der Waals surface area contributed by atoms with Crippen molar-refractivity contribution in [1.29, 1.82) is 0 Å². The lowest BCUT2D eigenvalue weighted by molar-refractivity contribution is 0.731. The molecule has 0 bridgehead atoms. The van der Waals surface area contributed by atoms with E-state index in [0.717, 1.165) is 30.7 Å². The zero-order valence-electron chi connectivity index (χ0n) is 12.8. The standard InChI is InChI=1S/C13H24N6S/c1-10(9-20-4)18(3)12-15-11(14-2)16-13(17-12)19-7-5-6-8-19/h10H,5-9H2,1-4H3,(H,14,15,16,17). The number of thioether (sulfide) groups is 1. The Morgan fingerprint density at radius 1 is 1.30 bits per heavy atom. The van der Waals surface area contributed by atoms with Crippen LogP contribution in [0, 0.1) is 0 Å². The summed E-state index contributed by atoms with van der Waals surface area (Å²) in [5.74, 6) is 3.23. The molecule has 1 fully saturated rings. The fraction of sp³-hybridized carbons (Fsp3) is 0.769. The molecule has 1 aliphatic rings. The van der Waals surface area contributed by atoms with Crippen molar-refractivity contribution in [3.63, 3.8) is 0 Å². The van der Waals surface area contributed by atoms with Gasteiger partial charge in [-0.3, -0.25) is 0 Å². The molecular formula is C13H24N6S. The maximum Gasteiger partial charge on any atom is 0.231 e. The van der Waals surface area contributed by atoms with Crippen molar-refractivity contribution in [3.8, 4) is 0 Å². The Bertz CT molecular complexity index is 435. The second-order valence-corrected chi connectivity index (χ2v) is 6.03. The number of hydrogen-bond acceptors (Lipinski definition) is 7. The molecule has 2 heterocycles. The molecule has 112 valence electrons. The van der Waals surface area contributed by atoms with Gasteiger partial charge in [0.2, 0.25) is 17.8 Å². The maximum atomic E-state index is 4.65. The van der Waals surface area contributed by atoms with Crippen molar-refractivity contribution < 1.29 is 0 Å². The van der Waals surface area contributed by atoms with Crippen LogP contribution in [0.2, 0.25) is 0 Å². The van der Waals surface area contributed by atoms with Crippen molar-refractivity contribution in [3.05, 3.63) is 0 Å². The van der Waals surface area contributed by atoms with Gasteiger partial charge in [0.05, 0.1) is 0 Å². The summed E-state index contributed by atoms with van der Waals surface area (Å²) in [6.45, 7) is 4.27. The second kappa shape index (κ2) is 6.97. The first-order valence-electron chi connectivity index (χ1n) is 7.06. The Hall–Kier alpha value is -1.24. The van der Waals surface area contributed by atoms with E-state index in [1.165, 1.54) is 12.8 Å². The molecule has 0 radical (unpaired) electrons.